The van der Waals surface area contributed by atoms with Crippen molar-refractivity contribution in [3.63, 3.8) is 0 Å². The van der Waals surface area contributed by atoms with Gasteiger partial charge in [-0.2, -0.15) is 5.10 Å². The van der Waals surface area contributed by atoms with Gasteiger partial charge in [0, 0.05) is 22.4 Å². The van der Waals surface area contributed by atoms with E-state index in [-0.39, 0.29) is 0 Å². The molecule has 2 nitrogen and oxygen atoms in total. The summed E-state index contributed by atoms with van der Waals surface area (Å²) in [6, 6.07) is 13.0. The molecular formula is C17H18N2. The first-order valence-corrected chi connectivity index (χ1v) is 7.29. The summed E-state index contributed by atoms with van der Waals surface area (Å²) in [5.41, 5.74) is 2.50. The summed E-state index contributed by atoms with van der Waals surface area (Å²) in [7, 11) is 0. The highest BCUT2D eigenvalue weighted by molar-refractivity contribution is 6.06. The van der Waals surface area contributed by atoms with Gasteiger partial charge in [-0.05, 0) is 18.2 Å². The Hall–Kier alpha value is -1.83. The standard InChI is InChI=1S/C17H18N2/c1-2-7-13(8-3-1)16-15-11-10-12-6-4-5-9-14(12)17(15)19-18-16/h4-6,9-11,13H,1-3,7-8H2,(H,18,19). The summed E-state index contributed by atoms with van der Waals surface area (Å²) < 4.78 is 0. The predicted molar refractivity (Wildman–Crippen MR) is 79.4 cm³/mol. The van der Waals surface area contributed by atoms with Gasteiger partial charge < -0.3 is 0 Å². The zero-order chi connectivity index (χ0) is 12.7. The number of nitrogens with zero attached hydrogens (tertiary/aromatic N) is 1. The molecule has 1 fully saturated rings. The molecule has 19 heavy (non-hydrogen) atoms. The third kappa shape index (κ3) is 1.74. The quantitative estimate of drug-likeness (QED) is 0.662. The predicted octanol–water partition coefficient (Wildman–Crippen LogP) is 4.76. The van der Waals surface area contributed by atoms with E-state index in [0.29, 0.717) is 5.92 Å². The molecule has 2 aromatic carbocycles. The second-order valence-electron chi connectivity index (χ2n) is 5.66. The second kappa shape index (κ2) is 4.37. The Labute approximate surface area is 112 Å². The molecule has 3 aromatic rings. The number of hydrogen-bond acceptors (Lipinski definition) is 1. The summed E-state index contributed by atoms with van der Waals surface area (Å²) in [6.07, 6.45) is 6.73. The third-order valence-electron chi connectivity index (χ3n) is 4.49. The largest absolute Gasteiger partial charge is 0.281 e. The molecule has 1 aromatic heterocycles. The van der Waals surface area contributed by atoms with Gasteiger partial charge in [-0.3, -0.25) is 5.10 Å². The average molecular weight is 250 g/mol. The number of rotatable bonds is 1. The minimum absolute atomic E-state index is 0.680. The lowest BCUT2D eigenvalue weighted by atomic mass is 9.85. The van der Waals surface area contributed by atoms with Gasteiger partial charge in [0.1, 0.15) is 5.52 Å². The van der Waals surface area contributed by atoms with Gasteiger partial charge in [-0.15, -0.1) is 0 Å². The fourth-order valence-corrected chi connectivity index (χ4v) is 3.47. The highest BCUT2D eigenvalue weighted by atomic mass is 15.1. The SMILES string of the molecule is c1ccc2c(c1)ccc1c(C3CCCCC3)[nH]nc12. The van der Waals surface area contributed by atoms with Crippen LogP contribution in [-0.4, -0.2) is 10.2 Å². The van der Waals surface area contributed by atoms with Gasteiger partial charge in [-0.25, -0.2) is 0 Å². The van der Waals surface area contributed by atoms with Gasteiger partial charge in [-0.1, -0.05) is 55.7 Å². The first-order chi connectivity index (χ1) is 9.43. The molecule has 0 saturated heterocycles. The number of H-pyrrole nitrogens is 1. The Morgan fingerprint density at radius 3 is 2.63 bits per heavy atom. The number of hydrogen-bond donors (Lipinski definition) is 1. The van der Waals surface area contributed by atoms with Crippen LogP contribution in [0.15, 0.2) is 36.4 Å². The van der Waals surface area contributed by atoms with Crippen molar-refractivity contribution >= 4 is 21.7 Å². The van der Waals surface area contributed by atoms with Crippen LogP contribution in [0.2, 0.25) is 0 Å². The van der Waals surface area contributed by atoms with Crippen molar-refractivity contribution in [3.05, 3.63) is 42.1 Å². The lowest BCUT2D eigenvalue weighted by Crippen LogP contribution is -2.05. The molecule has 1 aliphatic carbocycles. The zero-order valence-electron chi connectivity index (χ0n) is 11.0. The van der Waals surface area contributed by atoms with Crippen molar-refractivity contribution in [2.75, 3.05) is 0 Å². The van der Waals surface area contributed by atoms with Gasteiger partial charge in [0.25, 0.3) is 0 Å². The van der Waals surface area contributed by atoms with E-state index in [0.717, 1.165) is 5.52 Å². The summed E-state index contributed by atoms with van der Waals surface area (Å²) in [6.45, 7) is 0. The van der Waals surface area contributed by atoms with Crippen LogP contribution >= 0.6 is 0 Å². The topological polar surface area (TPSA) is 28.7 Å². The minimum Gasteiger partial charge on any atom is -0.281 e. The van der Waals surface area contributed by atoms with Gasteiger partial charge in [0.15, 0.2) is 0 Å². The molecule has 1 N–H and O–H groups in total. The van der Waals surface area contributed by atoms with Crippen LogP contribution in [0, 0.1) is 0 Å². The van der Waals surface area contributed by atoms with E-state index in [1.165, 1.54) is 54.0 Å². The molecule has 4 rings (SSSR count). The van der Waals surface area contributed by atoms with E-state index in [1.807, 2.05) is 0 Å². The van der Waals surface area contributed by atoms with Crippen LogP contribution in [0.3, 0.4) is 0 Å². The molecular weight excluding hydrogens is 232 g/mol. The molecule has 1 heterocycles. The number of fused-ring (bicyclic) bond motifs is 3. The average Bonchev–Trinajstić information content (AvgIpc) is 2.92. The third-order valence-corrected chi connectivity index (χ3v) is 4.49. The fourth-order valence-electron chi connectivity index (χ4n) is 3.47. The number of benzene rings is 2. The van der Waals surface area contributed by atoms with Crippen molar-refractivity contribution in [2.45, 2.75) is 38.0 Å². The molecule has 0 unspecified atom stereocenters. The van der Waals surface area contributed by atoms with Crippen LogP contribution < -0.4 is 0 Å². The maximum absolute atomic E-state index is 4.60. The summed E-state index contributed by atoms with van der Waals surface area (Å²) in [5.74, 6) is 0.680. The van der Waals surface area contributed by atoms with Crippen LogP contribution in [0.4, 0.5) is 0 Å². The van der Waals surface area contributed by atoms with Crippen LogP contribution in [0.1, 0.15) is 43.7 Å². The molecule has 1 saturated carbocycles. The van der Waals surface area contributed by atoms with Crippen LogP contribution in [-0.2, 0) is 0 Å². The van der Waals surface area contributed by atoms with Crippen molar-refractivity contribution in [1.29, 1.82) is 0 Å². The monoisotopic (exact) mass is 250 g/mol. The lowest BCUT2D eigenvalue weighted by Gasteiger charge is -2.20. The normalized spacial score (nSPS) is 17.3. The van der Waals surface area contributed by atoms with Crippen molar-refractivity contribution < 1.29 is 0 Å². The summed E-state index contributed by atoms with van der Waals surface area (Å²) in [4.78, 5) is 0. The van der Waals surface area contributed by atoms with E-state index in [9.17, 15) is 0 Å². The van der Waals surface area contributed by atoms with E-state index >= 15 is 0 Å². The molecule has 0 atom stereocenters. The van der Waals surface area contributed by atoms with Gasteiger partial charge in [0.2, 0.25) is 0 Å². The summed E-state index contributed by atoms with van der Waals surface area (Å²) >= 11 is 0. The lowest BCUT2D eigenvalue weighted by molar-refractivity contribution is 0.438. The zero-order valence-corrected chi connectivity index (χ0v) is 11.0. The van der Waals surface area contributed by atoms with E-state index in [1.54, 1.807) is 0 Å². The Balaban J connectivity index is 1.91. The van der Waals surface area contributed by atoms with Gasteiger partial charge in [0.05, 0.1) is 0 Å². The van der Waals surface area contributed by atoms with Crippen molar-refractivity contribution in [3.8, 4) is 0 Å². The Kier molecular flexibility index (Phi) is 2.54. The molecule has 0 aliphatic heterocycles. The molecule has 0 bridgehead atoms. The highest BCUT2D eigenvalue weighted by Crippen LogP contribution is 2.36. The molecule has 1 aliphatic rings. The van der Waals surface area contributed by atoms with Gasteiger partial charge >= 0.3 is 0 Å². The number of aromatic nitrogens is 2. The first-order valence-electron chi connectivity index (χ1n) is 7.29. The molecule has 0 spiro atoms. The maximum Gasteiger partial charge on any atom is 0.100 e. The van der Waals surface area contributed by atoms with Crippen molar-refractivity contribution in [2.24, 2.45) is 0 Å². The molecule has 96 valence electrons. The first kappa shape index (κ1) is 11.0. The van der Waals surface area contributed by atoms with E-state index in [4.69, 9.17) is 0 Å². The highest BCUT2D eigenvalue weighted by Gasteiger charge is 2.20. The molecule has 0 radical (unpaired) electrons. The Bertz CT molecular complexity index is 720. The van der Waals surface area contributed by atoms with Crippen LogP contribution in [0.25, 0.3) is 21.7 Å². The van der Waals surface area contributed by atoms with Crippen molar-refractivity contribution in [1.82, 2.24) is 10.2 Å². The second-order valence-corrected chi connectivity index (χ2v) is 5.66. The number of nitrogens with one attached hydrogen (secondary N) is 1. The fraction of sp³-hybridized carbons (Fsp3) is 0.353. The molecule has 0 amide bonds. The van der Waals surface area contributed by atoms with E-state index < -0.39 is 0 Å². The maximum atomic E-state index is 4.60. The number of aromatic amines is 1. The smallest absolute Gasteiger partial charge is 0.100 e. The Morgan fingerprint density at radius 2 is 1.74 bits per heavy atom. The summed E-state index contributed by atoms with van der Waals surface area (Å²) in [5, 5.41) is 11.8. The van der Waals surface area contributed by atoms with Crippen LogP contribution in [0.5, 0.6) is 0 Å². The minimum atomic E-state index is 0.680. The van der Waals surface area contributed by atoms with E-state index in [2.05, 4.69) is 46.6 Å². The Morgan fingerprint density at radius 1 is 0.895 bits per heavy atom. The molecule has 2 heteroatoms.